The van der Waals surface area contributed by atoms with Crippen molar-refractivity contribution in [3.05, 3.63) is 113 Å². The fraction of sp³-hybridized carbons (Fsp3) is 0.172. The van der Waals surface area contributed by atoms with Crippen LogP contribution in [0.15, 0.2) is 99.6 Å². The van der Waals surface area contributed by atoms with Gasteiger partial charge in [-0.1, -0.05) is 36.4 Å². The van der Waals surface area contributed by atoms with Gasteiger partial charge in [-0.15, -0.1) is 0 Å². The molecule has 0 amide bonds. The van der Waals surface area contributed by atoms with Gasteiger partial charge in [-0.2, -0.15) is 65.9 Å². The summed E-state index contributed by atoms with van der Waals surface area (Å²) in [5.74, 6) is -4.28. The van der Waals surface area contributed by atoms with Crippen LogP contribution in [0.3, 0.4) is 0 Å². The minimum Gasteiger partial charge on any atom is -0.456 e. The molecular weight excluding hydrogens is 681 g/mol. The Morgan fingerprint density at radius 2 is 0.630 bits per heavy atom. The van der Waals surface area contributed by atoms with E-state index in [0.717, 1.165) is 12.1 Å². The van der Waals surface area contributed by atoms with E-state index < -0.39 is 81.1 Å². The van der Waals surface area contributed by atoms with E-state index in [-0.39, 0.29) is 0 Å². The molecule has 4 aromatic carbocycles. The first kappa shape index (κ1) is 34.8. The molecule has 0 saturated heterocycles. The molecule has 17 heteroatoms. The van der Waals surface area contributed by atoms with Gasteiger partial charge in [0.25, 0.3) is 0 Å². The molecule has 46 heavy (non-hydrogen) atoms. The molecule has 0 bridgehead atoms. The van der Waals surface area contributed by atoms with Crippen molar-refractivity contribution >= 4 is 10.9 Å². The second kappa shape index (κ2) is 12.0. The topological polar surface area (TPSA) is 9.23 Å². The Kier molecular flexibility index (Phi) is 9.07. The molecule has 4 aromatic rings. The summed E-state index contributed by atoms with van der Waals surface area (Å²) < 4.78 is 213. The van der Waals surface area contributed by atoms with E-state index >= 15 is 0 Å². The van der Waals surface area contributed by atoms with Gasteiger partial charge in [0, 0.05) is 0 Å². The Balaban J connectivity index is 2.04. The number of rotatable bonds is 5. The highest BCUT2D eigenvalue weighted by Crippen LogP contribution is 2.59. The van der Waals surface area contributed by atoms with Crippen molar-refractivity contribution in [2.75, 3.05) is 0 Å². The minimum absolute atomic E-state index is 0.330. The summed E-state index contributed by atoms with van der Waals surface area (Å²) in [4.78, 5) is 1.65. The average Bonchev–Trinajstić information content (AvgIpc) is 2.91. The van der Waals surface area contributed by atoms with Crippen LogP contribution in [-0.4, -0.2) is 0 Å². The molecule has 0 aromatic heterocycles. The maximum Gasteiger partial charge on any atom is 0.420 e. The Bertz CT molecular complexity index is 1580. The molecule has 0 atom stereocenters. The highest BCUT2D eigenvalue weighted by atomic mass is 32.2. The Morgan fingerprint density at radius 1 is 0.348 bits per heavy atom. The summed E-state index contributed by atoms with van der Waals surface area (Å²) in [5.41, 5.74) is -19.7. The van der Waals surface area contributed by atoms with Gasteiger partial charge in [-0.05, 0) is 48.5 Å². The van der Waals surface area contributed by atoms with Gasteiger partial charge < -0.3 is 4.74 Å². The molecule has 0 fully saturated rings. The van der Waals surface area contributed by atoms with Crippen LogP contribution >= 0.6 is 0 Å². The molecule has 4 rings (SSSR count). The Hall–Kier alpha value is -4.02. The van der Waals surface area contributed by atoms with Crippen LogP contribution in [-0.2, 0) is 41.8 Å². The zero-order valence-corrected chi connectivity index (χ0v) is 22.9. The predicted octanol–water partition coefficient (Wildman–Crippen LogP) is 11.7. The first-order valence-corrected chi connectivity index (χ1v) is 13.5. The summed E-state index contributed by atoms with van der Waals surface area (Å²) in [6.07, 6.45) is -34.2. The summed E-state index contributed by atoms with van der Waals surface area (Å²) in [5, 5.41) is 0. The maximum absolute atomic E-state index is 14.1. The normalized spacial score (nSPS) is 13.3. The number of hydrogen-bond acceptors (Lipinski definition) is 1. The van der Waals surface area contributed by atoms with Gasteiger partial charge in [0.15, 0.2) is 20.4 Å². The fourth-order valence-corrected chi connectivity index (χ4v) is 6.59. The molecule has 0 spiro atoms. The lowest BCUT2D eigenvalue weighted by molar-refractivity contribution is -0.189. The summed E-state index contributed by atoms with van der Waals surface area (Å²) in [6, 6.07) is 20.2. The van der Waals surface area contributed by atoms with Crippen molar-refractivity contribution in [2.45, 2.75) is 45.6 Å². The Morgan fingerprint density at radius 3 is 0.935 bits per heavy atom. The minimum atomic E-state index is -6.99. The van der Waals surface area contributed by atoms with Gasteiger partial charge in [-0.25, -0.2) is 0 Å². The lowest BCUT2D eigenvalue weighted by Gasteiger charge is -2.30. The second-order valence-electron chi connectivity index (χ2n) is 9.20. The van der Waals surface area contributed by atoms with Gasteiger partial charge >= 0.3 is 30.9 Å². The standard InChI is InChI=1S/C29H14F15OS/c30-25(31,32)19-20(26(33,34)35)22(28(39,40)41)24(23(29(42,43)44)21(19)27(36,37)38)45-15-11-13-18(14-12-15)46(16-7-3-1-4-8-16)17-9-5-2-6-10-17/h1-14H/q+1. The molecule has 246 valence electrons. The van der Waals surface area contributed by atoms with Crippen molar-refractivity contribution in [2.24, 2.45) is 0 Å². The smallest absolute Gasteiger partial charge is 0.420 e. The van der Waals surface area contributed by atoms with E-state index in [1.54, 1.807) is 60.7 Å². The highest BCUT2D eigenvalue weighted by Gasteiger charge is 2.61. The SMILES string of the molecule is FC(F)(F)c1c(Oc2ccc([S+](c3ccccc3)c3ccccc3)cc2)c(C(F)(F)F)c(C(F)(F)F)c(C(F)(F)F)c1C(F)(F)F. The number of benzene rings is 4. The third kappa shape index (κ3) is 7.18. The molecule has 0 heterocycles. The van der Waals surface area contributed by atoms with E-state index in [2.05, 4.69) is 4.74 Å². The van der Waals surface area contributed by atoms with E-state index in [4.69, 9.17) is 0 Å². The molecule has 0 aliphatic heterocycles. The molecule has 0 saturated carbocycles. The van der Waals surface area contributed by atoms with Crippen molar-refractivity contribution in [1.29, 1.82) is 0 Å². The predicted molar refractivity (Wildman–Crippen MR) is 133 cm³/mol. The largest absolute Gasteiger partial charge is 0.456 e. The van der Waals surface area contributed by atoms with E-state index in [0.29, 0.717) is 26.8 Å². The van der Waals surface area contributed by atoms with Crippen molar-refractivity contribution < 1.29 is 70.6 Å². The molecule has 0 radical (unpaired) electrons. The van der Waals surface area contributed by atoms with Crippen LogP contribution in [0.4, 0.5) is 65.9 Å². The first-order valence-electron chi connectivity index (χ1n) is 12.2. The van der Waals surface area contributed by atoms with E-state index in [9.17, 15) is 65.9 Å². The summed E-state index contributed by atoms with van der Waals surface area (Å²) >= 11 is 0. The van der Waals surface area contributed by atoms with Crippen LogP contribution in [0.5, 0.6) is 11.5 Å². The third-order valence-electron chi connectivity index (χ3n) is 6.11. The van der Waals surface area contributed by atoms with Gasteiger partial charge in [0.1, 0.15) is 16.9 Å². The van der Waals surface area contributed by atoms with Crippen molar-refractivity contribution in [1.82, 2.24) is 0 Å². The van der Waals surface area contributed by atoms with Gasteiger partial charge in [0.05, 0.1) is 27.6 Å². The number of alkyl halides is 15. The van der Waals surface area contributed by atoms with Crippen LogP contribution < -0.4 is 4.74 Å². The third-order valence-corrected chi connectivity index (χ3v) is 8.34. The Labute approximate surface area is 251 Å². The van der Waals surface area contributed by atoms with Crippen LogP contribution in [0, 0.1) is 0 Å². The first-order chi connectivity index (χ1) is 21.0. The lowest BCUT2D eigenvalue weighted by Crippen LogP contribution is -2.31. The summed E-state index contributed by atoms with van der Waals surface area (Å²) in [6.45, 7) is 0. The van der Waals surface area contributed by atoms with Gasteiger partial charge in [-0.3, -0.25) is 0 Å². The van der Waals surface area contributed by atoms with Crippen LogP contribution in [0.25, 0.3) is 0 Å². The van der Waals surface area contributed by atoms with Crippen molar-refractivity contribution in [3.63, 3.8) is 0 Å². The zero-order chi connectivity index (χ0) is 34.5. The molecule has 0 aliphatic rings. The average molecular weight is 695 g/mol. The fourth-order valence-electron chi connectivity index (χ4n) is 4.50. The van der Waals surface area contributed by atoms with Crippen molar-refractivity contribution in [3.8, 4) is 11.5 Å². The number of hydrogen-bond donors (Lipinski definition) is 0. The van der Waals surface area contributed by atoms with Gasteiger partial charge in [0.2, 0.25) is 0 Å². The van der Waals surface area contributed by atoms with Crippen LogP contribution in [0.2, 0.25) is 0 Å². The zero-order valence-electron chi connectivity index (χ0n) is 22.1. The number of halogens is 15. The van der Waals surface area contributed by atoms with Crippen LogP contribution in [0.1, 0.15) is 27.8 Å². The monoisotopic (exact) mass is 695 g/mol. The molecule has 0 aliphatic carbocycles. The molecule has 0 N–H and O–H groups in total. The molecule has 0 unspecified atom stereocenters. The molecular formula is C29H14F15OS+. The highest BCUT2D eigenvalue weighted by molar-refractivity contribution is 7.97. The second-order valence-corrected chi connectivity index (χ2v) is 11.2. The quantitative estimate of drug-likeness (QED) is 0.149. The summed E-state index contributed by atoms with van der Waals surface area (Å²) in [7, 11) is -0.988. The van der Waals surface area contributed by atoms with E-state index in [1.165, 1.54) is 0 Å². The lowest BCUT2D eigenvalue weighted by atomic mass is 9.88. The maximum atomic E-state index is 14.1. The van der Waals surface area contributed by atoms with E-state index in [1.807, 2.05) is 0 Å². The number of ether oxygens (including phenoxy) is 1. The molecule has 1 nitrogen and oxygen atoms in total.